The second kappa shape index (κ2) is 5.73. The molecule has 0 aliphatic carbocycles. The molecule has 0 amide bonds. The second-order valence-corrected chi connectivity index (χ2v) is 4.77. The third kappa shape index (κ3) is 2.56. The zero-order chi connectivity index (χ0) is 15.5. The number of nitrogens with zero attached hydrogens (tertiary/aromatic N) is 3. The van der Waals surface area contributed by atoms with Crippen molar-refractivity contribution >= 4 is 11.6 Å². The van der Waals surface area contributed by atoms with Gasteiger partial charge in [-0.3, -0.25) is 14.6 Å². The van der Waals surface area contributed by atoms with Crippen LogP contribution in [0, 0.1) is 0 Å². The van der Waals surface area contributed by atoms with Crippen molar-refractivity contribution in [3.05, 3.63) is 77.9 Å². The van der Waals surface area contributed by atoms with E-state index in [4.69, 9.17) is 0 Å². The van der Waals surface area contributed by atoms with Gasteiger partial charge in [-0.05, 0) is 24.3 Å². The Bertz CT molecular complexity index is 824. The van der Waals surface area contributed by atoms with Crippen molar-refractivity contribution in [3.8, 4) is 5.69 Å². The number of para-hydroxylation sites is 1. The first kappa shape index (κ1) is 13.9. The van der Waals surface area contributed by atoms with Gasteiger partial charge in [-0.25, -0.2) is 4.68 Å². The van der Waals surface area contributed by atoms with E-state index in [-0.39, 0.29) is 28.5 Å². The lowest BCUT2D eigenvalue weighted by atomic mass is 10.1. The molecule has 0 bridgehead atoms. The molecule has 2 aromatic heterocycles. The molecule has 5 heteroatoms. The fourth-order valence-corrected chi connectivity index (χ4v) is 2.15. The molecule has 0 spiro atoms. The maximum Gasteiger partial charge on any atom is 0.215 e. The maximum atomic E-state index is 12.5. The first-order chi connectivity index (χ1) is 10.7. The van der Waals surface area contributed by atoms with Crippen LogP contribution in [0.5, 0.6) is 0 Å². The number of rotatable bonds is 4. The summed E-state index contributed by atoms with van der Waals surface area (Å²) in [6.07, 6.45) is 3.12. The van der Waals surface area contributed by atoms with Gasteiger partial charge in [0.2, 0.25) is 5.78 Å². The molecule has 2 heterocycles. The first-order valence-corrected chi connectivity index (χ1v) is 6.78. The number of carbonyl (C=O) groups is 2. The number of hydrogen-bond acceptors (Lipinski definition) is 4. The van der Waals surface area contributed by atoms with Crippen LogP contribution in [0.3, 0.4) is 0 Å². The molecule has 0 N–H and O–H groups in total. The van der Waals surface area contributed by atoms with Crippen molar-refractivity contribution in [2.45, 2.75) is 6.92 Å². The Labute approximate surface area is 127 Å². The van der Waals surface area contributed by atoms with Crippen molar-refractivity contribution < 1.29 is 9.59 Å². The van der Waals surface area contributed by atoms with Gasteiger partial charge >= 0.3 is 0 Å². The Balaban J connectivity index is 2.09. The molecule has 3 rings (SSSR count). The van der Waals surface area contributed by atoms with E-state index < -0.39 is 0 Å². The molecule has 3 aromatic rings. The second-order valence-electron chi connectivity index (χ2n) is 4.77. The summed E-state index contributed by atoms with van der Waals surface area (Å²) >= 11 is 0. The Morgan fingerprint density at radius 3 is 2.36 bits per heavy atom. The van der Waals surface area contributed by atoms with Crippen LogP contribution in [0.4, 0.5) is 0 Å². The summed E-state index contributed by atoms with van der Waals surface area (Å²) < 4.78 is 1.53. The summed E-state index contributed by atoms with van der Waals surface area (Å²) in [5.74, 6) is -0.568. The van der Waals surface area contributed by atoms with E-state index in [0.717, 1.165) is 5.69 Å². The quantitative estimate of drug-likeness (QED) is 0.693. The largest absolute Gasteiger partial charge is 0.293 e. The van der Waals surface area contributed by atoms with E-state index in [1.54, 1.807) is 30.6 Å². The van der Waals surface area contributed by atoms with Crippen LogP contribution in [-0.2, 0) is 0 Å². The Kier molecular flexibility index (Phi) is 3.62. The summed E-state index contributed by atoms with van der Waals surface area (Å²) in [4.78, 5) is 28.4. The minimum absolute atomic E-state index is 0.152. The number of pyridine rings is 1. The van der Waals surface area contributed by atoms with Crippen LogP contribution in [0.1, 0.15) is 33.5 Å². The van der Waals surface area contributed by atoms with Gasteiger partial charge in [-0.15, -0.1) is 0 Å². The van der Waals surface area contributed by atoms with Gasteiger partial charge in [0.05, 0.1) is 11.3 Å². The van der Waals surface area contributed by atoms with Crippen molar-refractivity contribution in [2.24, 2.45) is 0 Å². The van der Waals surface area contributed by atoms with Crippen molar-refractivity contribution in [1.29, 1.82) is 0 Å². The van der Waals surface area contributed by atoms with E-state index in [0.29, 0.717) is 0 Å². The zero-order valence-electron chi connectivity index (χ0n) is 11.9. The number of aromatic nitrogens is 3. The molecule has 22 heavy (non-hydrogen) atoms. The van der Waals surface area contributed by atoms with Crippen LogP contribution >= 0.6 is 0 Å². The molecular weight excluding hydrogens is 278 g/mol. The van der Waals surface area contributed by atoms with Gasteiger partial charge in [0.15, 0.2) is 5.78 Å². The fourth-order valence-electron chi connectivity index (χ4n) is 2.15. The van der Waals surface area contributed by atoms with Gasteiger partial charge in [0, 0.05) is 19.3 Å². The number of benzene rings is 1. The highest BCUT2D eigenvalue weighted by atomic mass is 16.1. The van der Waals surface area contributed by atoms with Crippen LogP contribution < -0.4 is 0 Å². The van der Waals surface area contributed by atoms with Gasteiger partial charge in [0.1, 0.15) is 11.4 Å². The van der Waals surface area contributed by atoms with E-state index in [9.17, 15) is 9.59 Å². The predicted molar refractivity (Wildman–Crippen MR) is 81.2 cm³/mol. The Morgan fingerprint density at radius 1 is 1.00 bits per heavy atom. The van der Waals surface area contributed by atoms with Crippen molar-refractivity contribution in [3.63, 3.8) is 0 Å². The van der Waals surface area contributed by atoms with E-state index in [1.807, 2.05) is 30.3 Å². The summed E-state index contributed by atoms with van der Waals surface area (Å²) in [6.45, 7) is 1.40. The lowest BCUT2D eigenvalue weighted by molar-refractivity contribution is 0.0985. The minimum Gasteiger partial charge on any atom is -0.293 e. The summed E-state index contributed by atoms with van der Waals surface area (Å²) in [5.41, 5.74) is 1.48. The van der Waals surface area contributed by atoms with Crippen LogP contribution in [0.2, 0.25) is 0 Å². The third-order valence-corrected chi connectivity index (χ3v) is 3.21. The SMILES string of the molecule is CC(=O)c1nn(-c2ccccc2)cc1C(=O)c1ccccn1. The average Bonchev–Trinajstić information content (AvgIpc) is 3.01. The monoisotopic (exact) mass is 291 g/mol. The van der Waals surface area contributed by atoms with Gasteiger partial charge in [-0.1, -0.05) is 24.3 Å². The highest BCUT2D eigenvalue weighted by Crippen LogP contribution is 2.16. The van der Waals surface area contributed by atoms with Gasteiger partial charge < -0.3 is 0 Å². The standard InChI is InChI=1S/C17H13N3O2/c1-12(21)16-14(17(22)15-9-5-6-10-18-15)11-20(19-16)13-7-3-2-4-8-13/h2-11H,1H3. The number of carbonyl (C=O) groups excluding carboxylic acids is 2. The maximum absolute atomic E-state index is 12.5. The van der Waals surface area contributed by atoms with Crippen LogP contribution in [0.25, 0.3) is 5.69 Å². The normalized spacial score (nSPS) is 10.4. The Hall–Kier alpha value is -3.08. The van der Waals surface area contributed by atoms with Crippen LogP contribution in [-0.4, -0.2) is 26.3 Å². The molecule has 0 atom stereocenters. The lowest BCUT2D eigenvalue weighted by Crippen LogP contribution is -2.08. The molecule has 0 unspecified atom stereocenters. The molecule has 5 nitrogen and oxygen atoms in total. The van der Waals surface area contributed by atoms with E-state index in [2.05, 4.69) is 10.1 Å². The first-order valence-electron chi connectivity index (χ1n) is 6.78. The molecular formula is C17H13N3O2. The van der Waals surface area contributed by atoms with E-state index >= 15 is 0 Å². The molecule has 108 valence electrons. The minimum atomic E-state index is -0.312. The smallest absolute Gasteiger partial charge is 0.215 e. The van der Waals surface area contributed by atoms with Crippen molar-refractivity contribution in [2.75, 3.05) is 0 Å². The zero-order valence-corrected chi connectivity index (χ0v) is 11.9. The van der Waals surface area contributed by atoms with E-state index in [1.165, 1.54) is 11.6 Å². The highest BCUT2D eigenvalue weighted by molar-refractivity contribution is 6.13. The van der Waals surface area contributed by atoms with Gasteiger partial charge in [0.25, 0.3) is 0 Å². The molecule has 1 aromatic carbocycles. The van der Waals surface area contributed by atoms with Crippen molar-refractivity contribution in [1.82, 2.24) is 14.8 Å². The Morgan fingerprint density at radius 2 is 1.73 bits per heavy atom. The molecule has 0 fully saturated rings. The summed E-state index contributed by atoms with van der Waals surface area (Å²) in [5, 5.41) is 4.25. The number of hydrogen-bond donors (Lipinski definition) is 0. The number of Topliss-reactive ketones (excluding diaryl/α,β-unsaturated/α-hetero) is 1. The number of ketones is 2. The third-order valence-electron chi connectivity index (χ3n) is 3.21. The fraction of sp³-hybridized carbons (Fsp3) is 0.0588. The molecule has 0 aliphatic rings. The molecule has 0 aliphatic heterocycles. The summed E-state index contributed by atoms with van der Waals surface area (Å²) in [6, 6.07) is 14.4. The lowest BCUT2D eigenvalue weighted by Gasteiger charge is -1.99. The van der Waals surface area contributed by atoms with Crippen LogP contribution in [0.15, 0.2) is 60.9 Å². The average molecular weight is 291 g/mol. The topological polar surface area (TPSA) is 64.8 Å². The highest BCUT2D eigenvalue weighted by Gasteiger charge is 2.21. The molecule has 0 radical (unpaired) electrons. The molecule has 0 saturated carbocycles. The molecule has 0 saturated heterocycles. The predicted octanol–water partition coefficient (Wildman–Crippen LogP) is 2.70. The van der Waals surface area contributed by atoms with Gasteiger partial charge in [-0.2, -0.15) is 5.10 Å². The summed E-state index contributed by atoms with van der Waals surface area (Å²) in [7, 11) is 0.